The first-order valence-electron chi connectivity index (χ1n) is 7.10. The maximum Gasteiger partial charge on any atom is 0.307 e. The number of thiazole rings is 1. The third kappa shape index (κ3) is 4.08. The van der Waals surface area contributed by atoms with Crippen LogP contribution in [0.5, 0.6) is 0 Å². The predicted octanol–water partition coefficient (Wildman–Crippen LogP) is 1.62. The monoisotopic (exact) mass is 323 g/mol. The van der Waals surface area contributed by atoms with Crippen molar-refractivity contribution >= 4 is 17.2 Å². The van der Waals surface area contributed by atoms with Gasteiger partial charge in [0, 0.05) is 30.6 Å². The number of likely N-dealkylation sites (N-methyl/N-ethyl adjacent to an activating group) is 1. The van der Waals surface area contributed by atoms with Gasteiger partial charge in [0.2, 0.25) is 5.91 Å². The van der Waals surface area contributed by atoms with E-state index in [1.807, 2.05) is 38.1 Å². The van der Waals surface area contributed by atoms with E-state index in [2.05, 4.69) is 5.32 Å². The summed E-state index contributed by atoms with van der Waals surface area (Å²) in [6.07, 6.45) is 1.91. The molecule has 0 radical (unpaired) electrons. The molecule has 2 rings (SSSR count). The van der Waals surface area contributed by atoms with Gasteiger partial charge < -0.3 is 14.3 Å². The molecule has 7 heteroatoms. The van der Waals surface area contributed by atoms with Crippen molar-refractivity contribution in [1.82, 2.24) is 14.8 Å². The number of hydrogen-bond acceptors (Lipinski definition) is 5. The summed E-state index contributed by atoms with van der Waals surface area (Å²) in [5.41, 5.74) is 0.893. The van der Waals surface area contributed by atoms with Crippen LogP contribution in [0.3, 0.4) is 0 Å². The Hall–Kier alpha value is -1.86. The molecule has 0 fully saturated rings. The van der Waals surface area contributed by atoms with Gasteiger partial charge in [0.1, 0.15) is 5.76 Å². The average molecular weight is 323 g/mol. The van der Waals surface area contributed by atoms with Crippen LogP contribution < -0.4 is 10.2 Å². The quantitative estimate of drug-likeness (QED) is 0.841. The van der Waals surface area contributed by atoms with Gasteiger partial charge in [0.25, 0.3) is 0 Å². The molecule has 2 aromatic rings. The Morgan fingerprint density at radius 1 is 1.50 bits per heavy atom. The second-order valence-electron chi connectivity index (χ2n) is 5.34. The van der Waals surface area contributed by atoms with Crippen molar-refractivity contribution in [3.63, 3.8) is 0 Å². The third-order valence-corrected chi connectivity index (χ3v) is 4.41. The summed E-state index contributed by atoms with van der Waals surface area (Å²) in [6.45, 7) is 2.75. The molecule has 0 unspecified atom stereocenters. The number of carbonyl (C=O) groups excluding carboxylic acids is 1. The second-order valence-corrected chi connectivity index (χ2v) is 6.16. The predicted molar refractivity (Wildman–Crippen MR) is 86.1 cm³/mol. The van der Waals surface area contributed by atoms with Crippen LogP contribution in [0.15, 0.2) is 33.0 Å². The number of amides is 1. The molecule has 120 valence electrons. The number of rotatable bonds is 7. The molecule has 0 aromatic carbocycles. The number of nitrogens with one attached hydrogen (secondary N) is 1. The maximum absolute atomic E-state index is 12.0. The largest absolute Gasteiger partial charge is 0.468 e. The lowest BCUT2D eigenvalue weighted by molar-refractivity contribution is -0.121. The van der Waals surface area contributed by atoms with Crippen LogP contribution in [-0.2, 0) is 11.3 Å². The minimum Gasteiger partial charge on any atom is -0.468 e. The molecule has 1 atom stereocenters. The highest BCUT2D eigenvalue weighted by molar-refractivity contribution is 7.07. The van der Waals surface area contributed by atoms with Gasteiger partial charge in [-0.3, -0.25) is 14.5 Å². The fourth-order valence-electron chi connectivity index (χ4n) is 2.21. The third-order valence-electron chi connectivity index (χ3n) is 3.53. The normalized spacial score (nSPS) is 12.5. The van der Waals surface area contributed by atoms with Gasteiger partial charge in [0.05, 0.1) is 12.3 Å². The zero-order valence-corrected chi connectivity index (χ0v) is 13.9. The molecule has 0 aliphatic rings. The number of furan rings is 1. The van der Waals surface area contributed by atoms with Gasteiger partial charge in [-0.2, -0.15) is 0 Å². The molecule has 0 saturated heterocycles. The fraction of sp³-hybridized carbons (Fsp3) is 0.467. The standard InChI is InChI=1S/C15H21N3O3S/c1-11-10-22-15(20)18(11)7-6-14(19)16-9-12(17(2)3)13-5-4-8-21-13/h4-5,8,10,12H,6-7,9H2,1-3H3,(H,16,19)/t12-/m0/s1. The van der Waals surface area contributed by atoms with E-state index in [0.29, 0.717) is 13.1 Å². The Kier molecular flexibility index (Phi) is 5.57. The highest BCUT2D eigenvalue weighted by Gasteiger charge is 2.17. The molecule has 2 aromatic heterocycles. The Bertz CT molecular complexity index is 658. The highest BCUT2D eigenvalue weighted by Crippen LogP contribution is 2.17. The van der Waals surface area contributed by atoms with Gasteiger partial charge in [-0.1, -0.05) is 11.3 Å². The van der Waals surface area contributed by atoms with Crippen LogP contribution in [-0.4, -0.2) is 36.0 Å². The first kappa shape index (κ1) is 16.5. The van der Waals surface area contributed by atoms with E-state index >= 15 is 0 Å². The molecule has 0 aliphatic heterocycles. The van der Waals surface area contributed by atoms with Crippen molar-refractivity contribution in [2.75, 3.05) is 20.6 Å². The Morgan fingerprint density at radius 3 is 2.82 bits per heavy atom. The van der Waals surface area contributed by atoms with E-state index in [1.54, 1.807) is 16.2 Å². The number of hydrogen-bond donors (Lipinski definition) is 1. The summed E-state index contributed by atoms with van der Waals surface area (Å²) < 4.78 is 7.03. The lowest BCUT2D eigenvalue weighted by atomic mass is 10.2. The number of nitrogens with zero attached hydrogens (tertiary/aromatic N) is 2. The molecule has 0 bridgehead atoms. The van der Waals surface area contributed by atoms with Crippen LogP contribution in [0.1, 0.15) is 23.9 Å². The minimum absolute atomic E-state index is 0.00967. The van der Waals surface area contributed by atoms with Gasteiger partial charge >= 0.3 is 4.87 Å². The van der Waals surface area contributed by atoms with Crippen molar-refractivity contribution in [2.24, 2.45) is 0 Å². The molecule has 6 nitrogen and oxygen atoms in total. The lowest BCUT2D eigenvalue weighted by Gasteiger charge is -2.22. The molecule has 22 heavy (non-hydrogen) atoms. The van der Waals surface area contributed by atoms with Crippen LogP contribution >= 0.6 is 11.3 Å². The topological polar surface area (TPSA) is 67.5 Å². The molecular weight excluding hydrogens is 302 g/mol. The van der Waals surface area contributed by atoms with Crippen molar-refractivity contribution in [1.29, 1.82) is 0 Å². The summed E-state index contributed by atoms with van der Waals surface area (Å²) in [5.74, 6) is 0.742. The summed E-state index contributed by atoms with van der Waals surface area (Å²) in [4.78, 5) is 25.6. The lowest BCUT2D eigenvalue weighted by Crippen LogP contribution is -2.35. The second kappa shape index (κ2) is 7.42. The van der Waals surface area contributed by atoms with E-state index < -0.39 is 0 Å². The van der Waals surface area contributed by atoms with E-state index in [4.69, 9.17) is 4.42 Å². The van der Waals surface area contributed by atoms with E-state index in [1.165, 1.54) is 0 Å². The molecule has 0 saturated carbocycles. The van der Waals surface area contributed by atoms with E-state index in [9.17, 15) is 9.59 Å². The first-order valence-corrected chi connectivity index (χ1v) is 7.98. The van der Waals surface area contributed by atoms with Gasteiger partial charge in [-0.05, 0) is 33.2 Å². The fourth-order valence-corrected chi connectivity index (χ4v) is 2.97. The molecular formula is C15H21N3O3S. The van der Waals surface area contributed by atoms with Gasteiger partial charge in [-0.15, -0.1) is 0 Å². The summed E-state index contributed by atoms with van der Waals surface area (Å²) in [7, 11) is 3.88. The van der Waals surface area contributed by atoms with Crippen LogP contribution in [0.4, 0.5) is 0 Å². The molecule has 0 spiro atoms. The summed E-state index contributed by atoms with van der Waals surface area (Å²) >= 11 is 1.16. The summed E-state index contributed by atoms with van der Waals surface area (Å²) in [5, 5.41) is 4.71. The Balaban J connectivity index is 1.85. The van der Waals surface area contributed by atoms with Crippen molar-refractivity contribution in [3.8, 4) is 0 Å². The minimum atomic E-state index is -0.0732. The number of aromatic nitrogens is 1. The maximum atomic E-state index is 12.0. The van der Waals surface area contributed by atoms with Crippen LogP contribution in [0.2, 0.25) is 0 Å². The van der Waals surface area contributed by atoms with Crippen molar-refractivity contribution < 1.29 is 9.21 Å². The molecule has 1 N–H and O–H groups in total. The van der Waals surface area contributed by atoms with Crippen LogP contribution in [0.25, 0.3) is 0 Å². The number of carbonyl (C=O) groups is 1. The van der Waals surface area contributed by atoms with Crippen LogP contribution in [0, 0.1) is 6.92 Å². The Morgan fingerprint density at radius 2 is 2.27 bits per heavy atom. The first-order chi connectivity index (χ1) is 10.5. The van der Waals surface area contributed by atoms with Gasteiger partial charge in [-0.25, -0.2) is 0 Å². The molecule has 2 heterocycles. The summed E-state index contributed by atoms with van der Waals surface area (Å²) in [6, 6.07) is 3.72. The average Bonchev–Trinajstić information content (AvgIpc) is 3.08. The van der Waals surface area contributed by atoms with E-state index in [-0.39, 0.29) is 23.2 Å². The highest BCUT2D eigenvalue weighted by atomic mass is 32.1. The van der Waals surface area contributed by atoms with Crippen molar-refractivity contribution in [2.45, 2.75) is 25.9 Å². The van der Waals surface area contributed by atoms with Crippen molar-refractivity contribution in [3.05, 3.63) is 44.9 Å². The molecule has 1 amide bonds. The molecule has 0 aliphatic carbocycles. The zero-order valence-electron chi connectivity index (χ0n) is 13.0. The van der Waals surface area contributed by atoms with E-state index in [0.717, 1.165) is 22.8 Å². The Labute approximate surface area is 133 Å². The number of aryl methyl sites for hydroxylation is 1. The SMILES string of the molecule is Cc1csc(=O)n1CCC(=O)NC[C@@H](c1ccco1)N(C)C. The zero-order chi connectivity index (χ0) is 16.1. The smallest absolute Gasteiger partial charge is 0.307 e. The van der Waals surface area contributed by atoms with Gasteiger partial charge in [0.15, 0.2) is 0 Å².